The summed E-state index contributed by atoms with van der Waals surface area (Å²) < 4.78 is 4.97. The third kappa shape index (κ3) is 1.88. The monoisotopic (exact) mass is 248 g/mol. The summed E-state index contributed by atoms with van der Waals surface area (Å²) in [4.78, 5) is 11.0. The topological polar surface area (TPSA) is 95.4 Å². The smallest absolute Gasteiger partial charge is 0.335 e. The highest BCUT2D eigenvalue weighted by Crippen LogP contribution is 2.39. The van der Waals surface area contributed by atoms with Crippen LogP contribution in [-0.2, 0) is 0 Å². The Balaban J connectivity index is 2.70. The lowest BCUT2D eigenvalue weighted by molar-refractivity contribution is 0.0696. The fraction of sp³-hybridized carbons (Fsp3) is 0.167. The number of hydrogen-bond acceptors (Lipinski definition) is 4. The Kier molecular flexibility index (Phi) is 2.93. The van der Waals surface area contributed by atoms with Gasteiger partial charge in [0, 0.05) is 16.8 Å². The Morgan fingerprint density at radius 3 is 2.61 bits per heavy atom. The van der Waals surface area contributed by atoms with Crippen LogP contribution in [0, 0.1) is 6.92 Å². The number of aromatic carboxylic acids is 1. The average molecular weight is 248 g/mol. The van der Waals surface area contributed by atoms with Gasteiger partial charge in [-0.2, -0.15) is 5.10 Å². The van der Waals surface area contributed by atoms with Crippen molar-refractivity contribution in [2.24, 2.45) is 0 Å². The van der Waals surface area contributed by atoms with Crippen molar-refractivity contribution in [2.45, 2.75) is 6.92 Å². The lowest BCUT2D eigenvalue weighted by Gasteiger charge is -2.10. The van der Waals surface area contributed by atoms with Crippen molar-refractivity contribution in [3.05, 3.63) is 29.6 Å². The second-order valence-corrected chi connectivity index (χ2v) is 3.79. The zero-order chi connectivity index (χ0) is 13.3. The van der Waals surface area contributed by atoms with Gasteiger partial charge < -0.3 is 14.9 Å². The van der Waals surface area contributed by atoms with Gasteiger partial charge in [-0.05, 0) is 19.1 Å². The van der Waals surface area contributed by atoms with E-state index in [0.29, 0.717) is 11.1 Å². The number of aromatic nitrogens is 2. The number of rotatable bonds is 3. The van der Waals surface area contributed by atoms with Crippen LogP contribution in [0.1, 0.15) is 16.1 Å². The Morgan fingerprint density at radius 2 is 2.11 bits per heavy atom. The maximum atomic E-state index is 11.0. The van der Waals surface area contributed by atoms with E-state index < -0.39 is 5.97 Å². The van der Waals surface area contributed by atoms with Crippen molar-refractivity contribution in [1.29, 1.82) is 0 Å². The van der Waals surface area contributed by atoms with Crippen LogP contribution in [0.4, 0.5) is 0 Å². The van der Waals surface area contributed by atoms with Crippen molar-refractivity contribution in [3.63, 3.8) is 0 Å². The summed E-state index contributed by atoms with van der Waals surface area (Å²) in [6, 6.07) is 2.66. The van der Waals surface area contributed by atoms with E-state index in [1.54, 1.807) is 6.92 Å². The Labute approximate surface area is 103 Å². The molecule has 0 atom stereocenters. The minimum Gasteiger partial charge on any atom is -0.504 e. The Hall–Kier alpha value is -2.50. The van der Waals surface area contributed by atoms with Gasteiger partial charge in [-0.1, -0.05) is 0 Å². The largest absolute Gasteiger partial charge is 0.504 e. The maximum absolute atomic E-state index is 11.0. The molecule has 6 heteroatoms. The summed E-state index contributed by atoms with van der Waals surface area (Å²) in [7, 11) is 1.37. The second-order valence-electron chi connectivity index (χ2n) is 3.79. The first-order valence-corrected chi connectivity index (χ1v) is 5.19. The van der Waals surface area contributed by atoms with Gasteiger partial charge in [-0.15, -0.1) is 0 Å². The standard InChI is InChI=1S/C12H12N2O4/c1-6-9(5-13-14-6)8-3-7(12(16)17)4-10(18-2)11(8)15/h3-5,15H,1-2H3,(H,13,14)(H,16,17). The number of carboxylic acid groups (broad SMARTS) is 1. The highest BCUT2D eigenvalue weighted by Gasteiger charge is 2.17. The number of benzene rings is 1. The van der Waals surface area contributed by atoms with E-state index >= 15 is 0 Å². The number of nitrogens with zero attached hydrogens (tertiary/aromatic N) is 1. The number of aromatic hydroxyl groups is 1. The fourth-order valence-corrected chi connectivity index (χ4v) is 1.71. The Morgan fingerprint density at radius 1 is 1.39 bits per heavy atom. The predicted molar refractivity (Wildman–Crippen MR) is 63.9 cm³/mol. The number of aryl methyl sites for hydroxylation is 1. The van der Waals surface area contributed by atoms with E-state index in [1.165, 1.54) is 25.4 Å². The van der Waals surface area contributed by atoms with Crippen molar-refractivity contribution >= 4 is 5.97 Å². The molecule has 94 valence electrons. The molecule has 0 saturated heterocycles. The SMILES string of the molecule is COc1cc(C(=O)O)cc(-c2cn[nH]c2C)c1O. The van der Waals surface area contributed by atoms with Gasteiger partial charge in [0.2, 0.25) is 0 Å². The molecule has 0 spiro atoms. The molecule has 2 aromatic rings. The van der Waals surface area contributed by atoms with Gasteiger partial charge in [-0.3, -0.25) is 5.10 Å². The molecule has 6 nitrogen and oxygen atoms in total. The summed E-state index contributed by atoms with van der Waals surface area (Å²) >= 11 is 0. The molecule has 0 unspecified atom stereocenters. The number of aromatic amines is 1. The molecule has 0 aliphatic heterocycles. The summed E-state index contributed by atoms with van der Waals surface area (Å²) in [6.07, 6.45) is 1.52. The number of carbonyl (C=O) groups is 1. The summed E-state index contributed by atoms with van der Waals surface area (Å²) in [5, 5.41) is 25.6. The van der Waals surface area contributed by atoms with Gasteiger partial charge in [0.15, 0.2) is 11.5 Å². The van der Waals surface area contributed by atoms with Gasteiger partial charge in [0.25, 0.3) is 0 Å². The third-order valence-corrected chi connectivity index (χ3v) is 2.66. The zero-order valence-corrected chi connectivity index (χ0v) is 9.89. The van der Waals surface area contributed by atoms with Crippen molar-refractivity contribution < 1.29 is 19.7 Å². The van der Waals surface area contributed by atoms with Crippen LogP contribution in [-0.4, -0.2) is 33.5 Å². The molecule has 1 aromatic heterocycles. The first kappa shape index (κ1) is 12.0. The number of H-pyrrole nitrogens is 1. The van der Waals surface area contributed by atoms with E-state index in [0.717, 1.165) is 5.69 Å². The van der Waals surface area contributed by atoms with Gasteiger partial charge >= 0.3 is 5.97 Å². The molecule has 0 radical (unpaired) electrons. The van der Waals surface area contributed by atoms with E-state index in [9.17, 15) is 9.90 Å². The molecule has 0 aliphatic carbocycles. The molecule has 18 heavy (non-hydrogen) atoms. The molecule has 0 fully saturated rings. The number of nitrogens with one attached hydrogen (secondary N) is 1. The maximum Gasteiger partial charge on any atom is 0.335 e. The number of methoxy groups -OCH3 is 1. The molecule has 2 rings (SSSR count). The number of phenolic OH excluding ortho intramolecular Hbond substituents is 1. The minimum atomic E-state index is -1.09. The third-order valence-electron chi connectivity index (χ3n) is 2.66. The van der Waals surface area contributed by atoms with Crippen molar-refractivity contribution in [2.75, 3.05) is 7.11 Å². The van der Waals surface area contributed by atoms with Gasteiger partial charge in [0.05, 0.1) is 18.9 Å². The van der Waals surface area contributed by atoms with E-state index in [2.05, 4.69) is 10.2 Å². The van der Waals surface area contributed by atoms with Gasteiger partial charge in [-0.25, -0.2) is 4.79 Å². The zero-order valence-electron chi connectivity index (χ0n) is 9.89. The highest BCUT2D eigenvalue weighted by atomic mass is 16.5. The van der Waals surface area contributed by atoms with Gasteiger partial charge in [0.1, 0.15) is 0 Å². The first-order chi connectivity index (χ1) is 8.54. The Bertz CT molecular complexity index is 604. The van der Waals surface area contributed by atoms with Crippen molar-refractivity contribution in [1.82, 2.24) is 10.2 Å². The van der Waals surface area contributed by atoms with E-state index in [1.807, 2.05) is 0 Å². The molecular formula is C12H12N2O4. The van der Waals surface area contributed by atoms with E-state index in [-0.39, 0.29) is 17.1 Å². The molecule has 0 bridgehead atoms. The van der Waals surface area contributed by atoms with Crippen LogP contribution < -0.4 is 4.74 Å². The lowest BCUT2D eigenvalue weighted by atomic mass is 10.0. The van der Waals surface area contributed by atoms with E-state index in [4.69, 9.17) is 9.84 Å². The van der Waals surface area contributed by atoms with Crippen LogP contribution in [0.2, 0.25) is 0 Å². The molecule has 0 saturated carbocycles. The number of ether oxygens (including phenoxy) is 1. The summed E-state index contributed by atoms with van der Waals surface area (Å²) in [6.45, 7) is 1.78. The van der Waals surface area contributed by atoms with Crippen LogP contribution in [0.3, 0.4) is 0 Å². The number of hydrogen-bond donors (Lipinski definition) is 3. The number of phenols is 1. The molecule has 1 aromatic carbocycles. The predicted octanol–water partition coefficient (Wildman–Crippen LogP) is 1.80. The summed E-state index contributed by atoms with van der Waals surface area (Å²) in [5.74, 6) is -1.08. The normalized spacial score (nSPS) is 10.3. The van der Waals surface area contributed by atoms with Crippen LogP contribution in [0.5, 0.6) is 11.5 Å². The minimum absolute atomic E-state index is 0.0419. The van der Waals surface area contributed by atoms with Crippen LogP contribution in [0.15, 0.2) is 18.3 Å². The molecule has 0 aliphatic rings. The molecular weight excluding hydrogens is 236 g/mol. The van der Waals surface area contributed by atoms with Crippen LogP contribution in [0.25, 0.3) is 11.1 Å². The molecule has 0 amide bonds. The van der Waals surface area contributed by atoms with Crippen molar-refractivity contribution in [3.8, 4) is 22.6 Å². The highest BCUT2D eigenvalue weighted by molar-refractivity contribution is 5.92. The molecule has 3 N–H and O–H groups in total. The first-order valence-electron chi connectivity index (χ1n) is 5.19. The quantitative estimate of drug-likeness (QED) is 0.769. The lowest BCUT2D eigenvalue weighted by Crippen LogP contribution is -1.98. The fourth-order valence-electron chi connectivity index (χ4n) is 1.71. The average Bonchev–Trinajstić information content (AvgIpc) is 2.75. The second kappa shape index (κ2) is 4.40. The number of carboxylic acids is 1. The van der Waals surface area contributed by atoms with Crippen LogP contribution >= 0.6 is 0 Å². The molecule has 1 heterocycles. The summed E-state index contributed by atoms with van der Waals surface area (Å²) in [5.41, 5.74) is 1.78.